The Kier molecular flexibility index (Phi) is 4.55. The van der Waals surface area contributed by atoms with Crippen LogP contribution in [0.15, 0.2) is 30.8 Å². The first-order chi connectivity index (χ1) is 11.9. The third kappa shape index (κ3) is 3.25. The summed E-state index contributed by atoms with van der Waals surface area (Å²) in [6.45, 7) is 11.6. The van der Waals surface area contributed by atoms with E-state index in [1.54, 1.807) is 16.7 Å². The van der Waals surface area contributed by atoms with E-state index in [0.717, 1.165) is 39.8 Å². The van der Waals surface area contributed by atoms with Crippen LogP contribution in [0.3, 0.4) is 0 Å². The van der Waals surface area contributed by atoms with Gasteiger partial charge in [0, 0.05) is 0 Å². The normalized spacial score (nSPS) is 10.8. The second-order valence-electron chi connectivity index (χ2n) is 5.72. The number of fused-ring (bicyclic) bond motifs is 2. The summed E-state index contributed by atoms with van der Waals surface area (Å²) >= 11 is 5.74. The highest BCUT2D eigenvalue weighted by Crippen LogP contribution is 2.12. The molecule has 4 heterocycles. The molecule has 0 amide bonds. The molecule has 7 heteroatoms. The van der Waals surface area contributed by atoms with Gasteiger partial charge in [0.2, 0.25) is 0 Å². The van der Waals surface area contributed by atoms with Crippen LogP contribution in [-0.2, 0) is 0 Å². The van der Waals surface area contributed by atoms with Crippen molar-refractivity contribution in [3.05, 3.63) is 64.5 Å². The molecule has 0 bridgehead atoms. The maximum atomic E-state index is 5.74. The van der Waals surface area contributed by atoms with E-state index in [2.05, 4.69) is 26.7 Å². The number of halogens is 1. The number of imidazole rings is 2. The van der Waals surface area contributed by atoms with E-state index in [4.69, 9.17) is 11.6 Å². The summed E-state index contributed by atoms with van der Waals surface area (Å²) in [5.74, 6) is 0. The fraction of sp³-hybridized carbons (Fsp3) is 0.222. The van der Waals surface area contributed by atoms with Crippen molar-refractivity contribution in [2.45, 2.75) is 27.7 Å². The van der Waals surface area contributed by atoms with Gasteiger partial charge in [0.15, 0.2) is 11.3 Å². The predicted molar refractivity (Wildman–Crippen MR) is 100 cm³/mol. The van der Waals surface area contributed by atoms with E-state index in [1.165, 1.54) is 0 Å². The molecule has 6 nitrogen and oxygen atoms in total. The largest absolute Gasteiger partial charge is 0.232 e. The first-order valence-electron chi connectivity index (χ1n) is 7.84. The lowest BCUT2D eigenvalue weighted by molar-refractivity contribution is 0.888. The van der Waals surface area contributed by atoms with Gasteiger partial charge >= 0.3 is 0 Å². The molecule has 4 rings (SSSR count). The van der Waals surface area contributed by atoms with Crippen LogP contribution in [-0.4, -0.2) is 29.2 Å². The third-order valence-corrected chi connectivity index (χ3v) is 4.28. The van der Waals surface area contributed by atoms with Crippen LogP contribution in [0.4, 0.5) is 0 Å². The van der Waals surface area contributed by atoms with Crippen LogP contribution in [0.5, 0.6) is 0 Å². The van der Waals surface area contributed by atoms with Crippen LogP contribution >= 0.6 is 11.6 Å². The molecule has 0 radical (unpaired) electrons. The SMILES string of the molecule is C=Cc1ccc2nc(C)c(C)n2n1.Cc1nc2ccc(Cl)nn2c1C. The van der Waals surface area contributed by atoms with Crippen LogP contribution in [0.2, 0.25) is 5.15 Å². The third-order valence-electron chi connectivity index (χ3n) is 4.07. The fourth-order valence-corrected chi connectivity index (χ4v) is 2.55. The summed E-state index contributed by atoms with van der Waals surface area (Å²) < 4.78 is 3.59. The topological polar surface area (TPSA) is 60.4 Å². The highest BCUT2D eigenvalue weighted by atomic mass is 35.5. The van der Waals surface area contributed by atoms with Crippen molar-refractivity contribution in [2.24, 2.45) is 0 Å². The van der Waals surface area contributed by atoms with Crippen molar-refractivity contribution in [1.29, 1.82) is 0 Å². The number of hydrogen-bond acceptors (Lipinski definition) is 4. The molecular weight excluding hydrogens is 336 g/mol. The molecule has 0 atom stereocenters. The van der Waals surface area contributed by atoms with Gasteiger partial charge < -0.3 is 0 Å². The first-order valence-corrected chi connectivity index (χ1v) is 8.22. The van der Waals surface area contributed by atoms with Gasteiger partial charge in [-0.2, -0.15) is 10.2 Å². The molecule has 0 fully saturated rings. The molecule has 128 valence electrons. The van der Waals surface area contributed by atoms with Crippen LogP contribution in [0, 0.1) is 27.7 Å². The molecule has 4 aromatic heterocycles. The lowest BCUT2D eigenvalue weighted by Gasteiger charge is -1.96. The molecule has 25 heavy (non-hydrogen) atoms. The molecule has 0 aliphatic heterocycles. The van der Waals surface area contributed by atoms with Crippen molar-refractivity contribution in [2.75, 3.05) is 0 Å². The molecule has 0 saturated carbocycles. The average Bonchev–Trinajstić information content (AvgIpc) is 3.05. The quantitative estimate of drug-likeness (QED) is 0.518. The zero-order valence-corrected chi connectivity index (χ0v) is 15.4. The van der Waals surface area contributed by atoms with Gasteiger partial charge in [-0.25, -0.2) is 19.0 Å². The Bertz CT molecular complexity index is 1080. The van der Waals surface area contributed by atoms with Crippen LogP contribution in [0.1, 0.15) is 28.5 Å². The minimum atomic E-state index is 0.489. The summed E-state index contributed by atoms with van der Waals surface area (Å²) in [5.41, 5.74) is 6.73. The van der Waals surface area contributed by atoms with Gasteiger partial charge in [0.1, 0.15) is 5.15 Å². The van der Waals surface area contributed by atoms with Gasteiger partial charge in [-0.3, -0.25) is 0 Å². The zero-order chi connectivity index (χ0) is 18.1. The number of nitrogens with zero attached hydrogens (tertiary/aromatic N) is 6. The molecule has 0 N–H and O–H groups in total. The van der Waals surface area contributed by atoms with E-state index in [-0.39, 0.29) is 0 Å². The summed E-state index contributed by atoms with van der Waals surface area (Å²) in [4.78, 5) is 8.65. The molecule has 0 spiro atoms. The van der Waals surface area contributed by atoms with E-state index >= 15 is 0 Å². The first kappa shape index (κ1) is 17.1. The van der Waals surface area contributed by atoms with Gasteiger partial charge in [-0.1, -0.05) is 18.2 Å². The summed E-state index contributed by atoms with van der Waals surface area (Å²) in [6, 6.07) is 7.45. The Morgan fingerprint density at radius 3 is 1.92 bits per heavy atom. The monoisotopic (exact) mass is 354 g/mol. The van der Waals surface area contributed by atoms with E-state index < -0.39 is 0 Å². The molecule has 4 aromatic rings. The molecule has 0 unspecified atom stereocenters. The lowest BCUT2D eigenvalue weighted by atomic mass is 10.4. The van der Waals surface area contributed by atoms with E-state index in [1.807, 2.05) is 50.4 Å². The molecule has 0 aliphatic carbocycles. The van der Waals surface area contributed by atoms with Gasteiger partial charge in [-0.05, 0) is 58.0 Å². The summed E-state index contributed by atoms with van der Waals surface area (Å²) in [5, 5.41) is 8.95. The molecule has 0 aliphatic rings. The van der Waals surface area contributed by atoms with Crippen molar-refractivity contribution in [3.8, 4) is 0 Å². The Morgan fingerprint density at radius 1 is 0.840 bits per heavy atom. The molecule has 0 aromatic carbocycles. The molecule has 0 saturated heterocycles. The predicted octanol–water partition coefficient (Wildman–Crippen LogP) is 3.99. The smallest absolute Gasteiger partial charge is 0.154 e. The Morgan fingerprint density at radius 2 is 1.36 bits per heavy atom. The Hall–Kier alpha value is -2.73. The second-order valence-corrected chi connectivity index (χ2v) is 6.11. The van der Waals surface area contributed by atoms with Gasteiger partial charge in [0.25, 0.3) is 0 Å². The highest BCUT2D eigenvalue weighted by molar-refractivity contribution is 6.29. The number of aromatic nitrogens is 6. The van der Waals surface area contributed by atoms with Crippen LogP contribution in [0.25, 0.3) is 17.4 Å². The summed E-state index contributed by atoms with van der Waals surface area (Å²) in [7, 11) is 0. The number of aryl methyl sites for hydroxylation is 4. The minimum Gasteiger partial charge on any atom is -0.232 e. The number of rotatable bonds is 1. The van der Waals surface area contributed by atoms with E-state index in [9.17, 15) is 0 Å². The van der Waals surface area contributed by atoms with Crippen molar-refractivity contribution in [1.82, 2.24) is 29.2 Å². The Balaban J connectivity index is 0.000000146. The fourth-order valence-electron chi connectivity index (χ4n) is 2.41. The van der Waals surface area contributed by atoms with Gasteiger partial charge in [-0.15, -0.1) is 0 Å². The van der Waals surface area contributed by atoms with Gasteiger partial charge in [0.05, 0.1) is 28.5 Å². The maximum absolute atomic E-state index is 5.74. The minimum absolute atomic E-state index is 0.489. The average molecular weight is 355 g/mol. The molecular formula is C18H19ClN6. The second kappa shape index (κ2) is 6.64. The Labute approximate surface area is 150 Å². The van der Waals surface area contributed by atoms with Crippen molar-refractivity contribution in [3.63, 3.8) is 0 Å². The number of hydrogen-bond donors (Lipinski definition) is 0. The van der Waals surface area contributed by atoms with Crippen molar-refractivity contribution < 1.29 is 0 Å². The highest BCUT2D eigenvalue weighted by Gasteiger charge is 2.05. The zero-order valence-electron chi connectivity index (χ0n) is 14.7. The maximum Gasteiger partial charge on any atom is 0.154 e. The lowest BCUT2D eigenvalue weighted by Crippen LogP contribution is -1.95. The van der Waals surface area contributed by atoms with Crippen molar-refractivity contribution >= 4 is 29.0 Å². The standard InChI is InChI=1S/C10H11N3.C8H8ClN3/c1-4-9-5-6-10-11-7(2)8(3)13(10)12-9;1-5-6(2)12-8(10-5)4-3-7(9)11-12/h4-6H,1H2,2-3H3;3-4H,1-2H3. The van der Waals surface area contributed by atoms with Crippen LogP contribution < -0.4 is 0 Å². The van der Waals surface area contributed by atoms with E-state index in [0.29, 0.717) is 5.15 Å². The summed E-state index contributed by atoms with van der Waals surface area (Å²) in [6.07, 6.45) is 1.73.